The van der Waals surface area contributed by atoms with E-state index in [9.17, 15) is 13.6 Å². The van der Waals surface area contributed by atoms with E-state index in [1.807, 2.05) is 48.5 Å². The maximum atomic E-state index is 13.2. The van der Waals surface area contributed by atoms with Crippen molar-refractivity contribution in [1.29, 1.82) is 0 Å². The summed E-state index contributed by atoms with van der Waals surface area (Å²) < 4.78 is 26.3. The van der Waals surface area contributed by atoms with Gasteiger partial charge < -0.3 is 5.32 Å². The molecular weight excluding hydrogens is 444 g/mol. The zero-order chi connectivity index (χ0) is 24.2. The summed E-state index contributed by atoms with van der Waals surface area (Å²) in [5.74, 6) is -0.122. The fraction of sp³-hybridized carbons (Fsp3) is 0.241. The molecule has 1 aromatic heterocycles. The Hall–Kier alpha value is -3.64. The number of hydrogen-bond acceptors (Lipinski definition) is 3. The lowest BCUT2D eigenvalue weighted by molar-refractivity contribution is -0.115. The molecule has 4 aromatic rings. The van der Waals surface area contributed by atoms with Crippen LogP contribution in [0.1, 0.15) is 36.0 Å². The van der Waals surface area contributed by atoms with Gasteiger partial charge in [0.05, 0.1) is 17.6 Å². The Balaban J connectivity index is 1.35. The Labute approximate surface area is 203 Å². The molecule has 0 atom stereocenters. The molecule has 178 valence electrons. The van der Waals surface area contributed by atoms with E-state index < -0.39 is 6.43 Å². The number of benzene rings is 3. The van der Waals surface area contributed by atoms with Gasteiger partial charge in [0.1, 0.15) is 0 Å². The number of carbonyl (C=O) groups is 1. The maximum absolute atomic E-state index is 13.2. The van der Waals surface area contributed by atoms with Gasteiger partial charge in [0.25, 0.3) is 6.43 Å². The van der Waals surface area contributed by atoms with E-state index in [1.165, 1.54) is 30.5 Å². The monoisotopic (exact) mass is 471 g/mol. The van der Waals surface area contributed by atoms with Crippen molar-refractivity contribution >= 4 is 22.5 Å². The molecule has 35 heavy (non-hydrogen) atoms. The van der Waals surface area contributed by atoms with Crippen molar-refractivity contribution in [2.75, 3.05) is 18.4 Å². The molecule has 2 heterocycles. The zero-order valence-electron chi connectivity index (χ0n) is 19.4. The van der Waals surface area contributed by atoms with Crippen molar-refractivity contribution in [3.05, 3.63) is 95.6 Å². The third-order valence-electron chi connectivity index (χ3n) is 6.40. The number of fused-ring (bicyclic) bond motifs is 1. The van der Waals surface area contributed by atoms with Crippen LogP contribution in [-0.4, -0.2) is 28.9 Å². The first kappa shape index (κ1) is 23.1. The molecule has 0 unspecified atom stereocenters. The lowest BCUT2D eigenvalue weighted by Gasteiger charge is -2.15. The Morgan fingerprint density at radius 3 is 2.57 bits per heavy atom. The van der Waals surface area contributed by atoms with Gasteiger partial charge in [0.2, 0.25) is 5.91 Å². The van der Waals surface area contributed by atoms with Crippen LogP contribution in [0.3, 0.4) is 0 Å². The molecule has 5 rings (SSSR count). The molecule has 1 aliphatic rings. The van der Waals surface area contributed by atoms with Gasteiger partial charge in [-0.05, 0) is 61.3 Å². The van der Waals surface area contributed by atoms with Crippen LogP contribution in [0, 0.1) is 0 Å². The SMILES string of the molecule is O=C(Cc1cccc2ccc(-c3cccc(C(F)F)c3)nc12)Nc1cccc(CN2CCCC2)c1. The van der Waals surface area contributed by atoms with Gasteiger partial charge >= 0.3 is 0 Å². The third-order valence-corrected chi connectivity index (χ3v) is 6.40. The molecule has 3 aromatic carbocycles. The highest BCUT2D eigenvalue weighted by Crippen LogP contribution is 2.27. The highest BCUT2D eigenvalue weighted by atomic mass is 19.3. The number of carbonyl (C=O) groups excluding carboxylic acids is 1. The number of alkyl halides is 2. The molecule has 0 radical (unpaired) electrons. The molecule has 0 bridgehead atoms. The molecular formula is C29H27F2N3O. The van der Waals surface area contributed by atoms with E-state index in [0.717, 1.165) is 36.3 Å². The highest BCUT2D eigenvalue weighted by molar-refractivity contribution is 5.95. The Bertz CT molecular complexity index is 1350. The summed E-state index contributed by atoms with van der Waals surface area (Å²) in [4.78, 5) is 20.1. The number of halogens is 2. The molecule has 0 spiro atoms. The average molecular weight is 472 g/mol. The van der Waals surface area contributed by atoms with Crippen LogP contribution in [-0.2, 0) is 17.8 Å². The predicted molar refractivity (Wildman–Crippen MR) is 135 cm³/mol. The molecule has 0 aliphatic carbocycles. The van der Waals surface area contributed by atoms with Gasteiger partial charge in [-0.15, -0.1) is 0 Å². The Morgan fingerprint density at radius 2 is 1.74 bits per heavy atom. The van der Waals surface area contributed by atoms with E-state index in [0.29, 0.717) is 16.8 Å². The van der Waals surface area contributed by atoms with Gasteiger partial charge in [0.15, 0.2) is 0 Å². The standard InChI is InChI=1S/C29H27F2N3O/c30-29(31)24-10-5-8-22(17-24)26-13-12-21-7-4-9-23(28(21)33-26)18-27(35)32-25-11-3-6-20(16-25)19-34-14-1-2-15-34/h3-13,16-17,29H,1-2,14-15,18-19H2,(H,32,35). The second-order valence-corrected chi connectivity index (χ2v) is 9.02. The largest absolute Gasteiger partial charge is 0.326 e. The summed E-state index contributed by atoms with van der Waals surface area (Å²) in [5, 5.41) is 3.92. The van der Waals surface area contributed by atoms with Crippen LogP contribution in [0.25, 0.3) is 22.2 Å². The summed E-state index contributed by atoms with van der Waals surface area (Å²) >= 11 is 0. The van der Waals surface area contributed by atoms with Crippen LogP contribution in [0.5, 0.6) is 0 Å². The number of anilines is 1. The van der Waals surface area contributed by atoms with Gasteiger partial charge in [0, 0.05) is 28.7 Å². The minimum atomic E-state index is -2.54. The number of amides is 1. The van der Waals surface area contributed by atoms with E-state index >= 15 is 0 Å². The van der Waals surface area contributed by atoms with Crippen molar-refractivity contribution in [1.82, 2.24) is 9.88 Å². The normalized spacial score (nSPS) is 14.0. The van der Waals surface area contributed by atoms with Crippen LogP contribution >= 0.6 is 0 Å². The molecule has 6 heteroatoms. The molecule has 1 aliphatic heterocycles. The number of para-hydroxylation sites is 1. The van der Waals surface area contributed by atoms with Crippen molar-refractivity contribution in [3.8, 4) is 11.3 Å². The first-order valence-electron chi connectivity index (χ1n) is 11.9. The summed E-state index contributed by atoms with van der Waals surface area (Å²) in [6.45, 7) is 3.14. The highest BCUT2D eigenvalue weighted by Gasteiger charge is 2.14. The van der Waals surface area contributed by atoms with Crippen molar-refractivity contribution in [2.24, 2.45) is 0 Å². The number of likely N-dealkylation sites (tertiary alicyclic amines) is 1. The summed E-state index contributed by atoms with van der Waals surface area (Å²) in [6, 6.07) is 23.7. The maximum Gasteiger partial charge on any atom is 0.263 e. The number of nitrogens with zero attached hydrogens (tertiary/aromatic N) is 2. The Kier molecular flexibility index (Phi) is 6.82. The minimum absolute atomic E-state index is 0.0379. The first-order valence-corrected chi connectivity index (χ1v) is 11.9. The summed E-state index contributed by atoms with van der Waals surface area (Å²) in [6.07, 6.45) is 0.119. The molecule has 1 N–H and O–H groups in total. The third kappa shape index (κ3) is 5.54. The zero-order valence-corrected chi connectivity index (χ0v) is 19.4. The quantitative estimate of drug-likeness (QED) is 0.330. The van der Waals surface area contributed by atoms with E-state index in [2.05, 4.69) is 16.3 Å². The number of rotatable bonds is 7. The topological polar surface area (TPSA) is 45.2 Å². The average Bonchev–Trinajstić information content (AvgIpc) is 3.37. The second kappa shape index (κ2) is 10.3. The number of pyridine rings is 1. The summed E-state index contributed by atoms with van der Waals surface area (Å²) in [7, 11) is 0. The predicted octanol–water partition coefficient (Wildman–Crippen LogP) is 6.62. The van der Waals surface area contributed by atoms with Gasteiger partial charge in [-0.3, -0.25) is 9.69 Å². The Morgan fingerprint density at radius 1 is 0.943 bits per heavy atom. The van der Waals surface area contributed by atoms with Gasteiger partial charge in [-0.1, -0.05) is 54.6 Å². The van der Waals surface area contributed by atoms with Crippen LogP contribution in [0.2, 0.25) is 0 Å². The molecule has 1 amide bonds. The van der Waals surface area contributed by atoms with Crippen molar-refractivity contribution in [3.63, 3.8) is 0 Å². The lowest BCUT2D eigenvalue weighted by atomic mass is 10.0. The smallest absolute Gasteiger partial charge is 0.263 e. The molecule has 4 nitrogen and oxygen atoms in total. The second-order valence-electron chi connectivity index (χ2n) is 9.02. The molecule has 0 saturated carbocycles. The summed E-state index contributed by atoms with van der Waals surface area (Å²) in [5.41, 5.74) is 4.65. The number of hydrogen-bond donors (Lipinski definition) is 1. The fourth-order valence-electron chi connectivity index (χ4n) is 4.67. The number of aromatic nitrogens is 1. The van der Waals surface area contributed by atoms with E-state index in [4.69, 9.17) is 4.98 Å². The molecule has 1 saturated heterocycles. The van der Waals surface area contributed by atoms with E-state index in [-0.39, 0.29) is 17.9 Å². The number of nitrogens with one attached hydrogen (secondary N) is 1. The fourth-order valence-corrected chi connectivity index (χ4v) is 4.67. The van der Waals surface area contributed by atoms with E-state index in [1.54, 1.807) is 12.1 Å². The van der Waals surface area contributed by atoms with Gasteiger partial charge in [-0.25, -0.2) is 13.8 Å². The minimum Gasteiger partial charge on any atom is -0.326 e. The molecule has 1 fully saturated rings. The van der Waals surface area contributed by atoms with Crippen molar-refractivity contribution in [2.45, 2.75) is 32.2 Å². The first-order chi connectivity index (χ1) is 17.0. The van der Waals surface area contributed by atoms with Crippen LogP contribution < -0.4 is 5.32 Å². The van der Waals surface area contributed by atoms with Crippen LogP contribution in [0.4, 0.5) is 14.5 Å². The van der Waals surface area contributed by atoms with Crippen molar-refractivity contribution < 1.29 is 13.6 Å². The van der Waals surface area contributed by atoms with Crippen LogP contribution in [0.15, 0.2) is 78.9 Å². The lowest BCUT2D eigenvalue weighted by Crippen LogP contribution is -2.19. The van der Waals surface area contributed by atoms with Gasteiger partial charge in [-0.2, -0.15) is 0 Å².